The van der Waals surface area contributed by atoms with Crippen molar-refractivity contribution in [3.63, 3.8) is 0 Å². The van der Waals surface area contributed by atoms with Crippen LogP contribution in [0.3, 0.4) is 0 Å². The maximum absolute atomic E-state index is 12.8. The number of benzene rings is 1. The molecular weight excluding hydrogens is 482 g/mol. The number of carbonyl (C=O) groups excluding carboxylic acids is 3. The van der Waals surface area contributed by atoms with Crippen LogP contribution in [0.15, 0.2) is 73.1 Å². The van der Waals surface area contributed by atoms with Crippen LogP contribution >= 0.6 is 0 Å². The van der Waals surface area contributed by atoms with Crippen LogP contribution in [-0.2, 0) is 33.9 Å². The summed E-state index contributed by atoms with van der Waals surface area (Å²) in [6.45, 7) is 4.80. The van der Waals surface area contributed by atoms with Crippen LogP contribution in [0.25, 0.3) is 0 Å². The van der Waals surface area contributed by atoms with Gasteiger partial charge >= 0.3 is 0 Å². The molecule has 0 saturated carbocycles. The molecule has 3 rings (SSSR count). The highest BCUT2D eigenvalue weighted by atomic mass is 16.2. The van der Waals surface area contributed by atoms with Crippen LogP contribution in [-0.4, -0.2) is 57.8 Å². The first kappa shape index (κ1) is 28.4. The lowest BCUT2D eigenvalue weighted by molar-refractivity contribution is -0.129. The molecule has 3 aromatic rings. The highest BCUT2D eigenvalue weighted by Crippen LogP contribution is 2.12. The van der Waals surface area contributed by atoms with E-state index in [0.717, 1.165) is 17.0 Å². The summed E-state index contributed by atoms with van der Waals surface area (Å²) in [6, 6.07) is 17.6. The van der Waals surface area contributed by atoms with Gasteiger partial charge < -0.3 is 21.7 Å². The van der Waals surface area contributed by atoms with E-state index in [1.165, 1.54) is 0 Å². The smallest absolute Gasteiger partial charge is 0.242 e. The number of rotatable bonds is 13. The topological polar surface area (TPSA) is 142 Å². The van der Waals surface area contributed by atoms with Crippen LogP contribution < -0.4 is 21.7 Å². The van der Waals surface area contributed by atoms with Crippen molar-refractivity contribution >= 4 is 23.4 Å². The molecule has 0 aliphatic carbocycles. The van der Waals surface area contributed by atoms with Gasteiger partial charge in [0.15, 0.2) is 0 Å². The number of hydrogen-bond donors (Lipinski definition) is 4. The summed E-state index contributed by atoms with van der Waals surface area (Å²) in [5.41, 5.74) is 8.95. The molecule has 5 N–H and O–H groups in total. The SMILES string of the molecule is CC(N)C(=O)NC(C)C(=O)NCCc1ccc(NC(=O)CN(Cc2ccccn2)Cc2ccccn2)cc1. The van der Waals surface area contributed by atoms with Gasteiger partial charge in [0.25, 0.3) is 0 Å². The van der Waals surface area contributed by atoms with Gasteiger partial charge in [0.2, 0.25) is 17.7 Å². The summed E-state index contributed by atoms with van der Waals surface area (Å²) in [7, 11) is 0. The zero-order valence-electron chi connectivity index (χ0n) is 21.8. The van der Waals surface area contributed by atoms with Crippen molar-refractivity contribution in [3.8, 4) is 0 Å². The Kier molecular flexibility index (Phi) is 10.9. The van der Waals surface area contributed by atoms with Gasteiger partial charge in [-0.05, 0) is 62.2 Å². The monoisotopic (exact) mass is 517 g/mol. The third kappa shape index (κ3) is 9.72. The number of pyridine rings is 2. The Morgan fingerprint density at radius 1 is 0.868 bits per heavy atom. The Hall–Kier alpha value is -4.15. The van der Waals surface area contributed by atoms with E-state index >= 15 is 0 Å². The van der Waals surface area contributed by atoms with E-state index in [0.29, 0.717) is 31.7 Å². The van der Waals surface area contributed by atoms with E-state index in [2.05, 4.69) is 25.9 Å². The fraction of sp³-hybridized carbons (Fsp3) is 0.321. The molecule has 2 unspecified atom stereocenters. The van der Waals surface area contributed by atoms with E-state index in [-0.39, 0.29) is 24.3 Å². The zero-order chi connectivity index (χ0) is 27.3. The van der Waals surface area contributed by atoms with Crippen LogP contribution in [0.1, 0.15) is 30.8 Å². The highest BCUT2D eigenvalue weighted by Gasteiger charge is 2.17. The first-order chi connectivity index (χ1) is 18.3. The Morgan fingerprint density at radius 3 is 2.00 bits per heavy atom. The number of hydrogen-bond acceptors (Lipinski definition) is 7. The molecule has 0 radical (unpaired) electrons. The molecule has 0 bridgehead atoms. The first-order valence-electron chi connectivity index (χ1n) is 12.5. The minimum Gasteiger partial charge on any atom is -0.354 e. The molecule has 0 saturated heterocycles. The van der Waals surface area contributed by atoms with E-state index in [4.69, 9.17) is 5.73 Å². The van der Waals surface area contributed by atoms with Gasteiger partial charge in [-0.25, -0.2) is 0 Å². The van der Waals surface area contributed by atoms with Gasteiger partial charge in [0.05, 0.1) is 24.0 Å². The van der Waals surface area contributed by atoms with Crippen molar-refractivity contribution in [1.29, 1.82) is 0 Å². The predicted octanol–water partition coefficient (Wildman–Crippen LogP) is 1.63. The number of nitrogens with zero attached hydrogens (tertiary/aromatic N) is 3. The highest BCUT2D eigenvalue weighted by molar-refractivity contribution is 5.92. The van der Waals surface area contributed by atoms with Gasteiger partial charge in [-0.1, -0.05) is 24.3 Å². The van der Waals surface area contributed by atoms with E-state index in [1.807, 2.05) is 65.6 Å². The average Bonchev–Trinajstić information content (AvgIpc) is 2.90. The van der Waals surface area contributed by atoms with Crippen LogP contribution in [0.5, 0.6) is 0 Å². The number of amides is 3. The maximum atomic E-state index is 12.8. The molecule has 0 spiro atoms. The predicted molar refractivity (Wildman–Crippen MR) is 146 cm³/mol. The number of nitrogens with one attached hydrogen (secondary N) is 3. The second-order valence-electron chi connectivity index (χ2n) is 9.09. The van der Waals surface area contributed by atoms with Crippen LogP contribution in [0.2, 0.25) is 0 Å². The summed E-state index contributed by atoms with van der Waals surface area (Å²) in [5, 5.41) is 8.32. The Balaban J connectivity index is 1.48. The molecular formula is C28H35N7O3. The standard InChI is InChI=1S/C28H35N7O3/c1-20(29)27(37)33-21(2)28(38)32-16-13-22-9-11-23(12-10-22)34-26(36)19-35(17-24-7-3-5-14-30-24)18-25-8-4-6-15-31-25/h3-12,14-15,20-21H,13,16-19,29H2,1-2H3,(H,32,38)(H,33,37)(H,34,36). The Morgan fingerprint density at radius 2 is 1.47 bits per heavy atom. The number of anilines is 1. The number of aromatic nitrogens is 2. The normalized spacial score (nSPS) is 12.4. The summed E-state index contributed by atoms with van der Waals surface area (Å²) >= 11 is 0. The van der Waals surface area contributed by atoms with E-state index in [9.17, 15) is 14.4 Å². The quantitative estimate of drug-likeness (QED) is 0.270. The molecule has 1 aromatic carbocycles. The summed E-state index contributed by atoms with van der Waals surface area (Å²) < 4.78 is 0. The molecule has 3 amide bonds. The molecule has 2 atom stereocenters. The van der Waals surface area contributed by atoms with Gasteiger partial charge in [-0.2, -0.15) is 0 Å². The lowest BCUT2D eigenvalue weighted by atomic mass is 10.1. The van der Waals surface area contributed by atoms with Crippen molar-refractivity contribution in [3.05, 3.63) is 90.0 Å². The zero-order valence-corrected chi connectivity index (χ0v) is 21.8. The molecule has 38 heavy (non-hydrogen) atoms. The van der Waals surface area contributed by atoms with Crippen molar-refractivity contribution in [2.75, 3.05) is 18.4 Å². The lowest BCUT2D eigenvalue weighted by Crippen LogP contribution is -2.49. The van der Waals surface area contributed by atoms with Gasteiger partial charge in [-0.3, -0.25) is 29.3 Å². The largest absolute Gasteiger partial charge is 0.354 e. The molecule has 0 fully saturated rings. The van der Waals surface area contributed by atoms with Crippen LogP contribution in [0.4, 0.5) is 5.69 Å². The van der Waals surface area contributed by atoms with Crippen molar-refractivity contribution in [2.24, 2.45) is 5.73 Å². The second-order valence-corrected chi connectivity index (χ2v) is 9.09. The fourth-order valence-corrected chi connectivity index (χ4v) is 3.66. The third-order valence-corrected chi connectivity index (χ3v) is 5.71. The molecule has 10 nitrogen and oxygen atoms in total. The Bertz CT molecular complexity index is 1130. The minimum atomic E-state index is -0.672. The average molecular weight is 518 g/mol. The third-order valence-electron chi connectivity index (χ3n) is 5.71. The van der Waals surface area contributed by atoms with Gasteiger partial charge in [0, 0.05) is 37.7 Å². The first-order valence-corrected chi connectivity index (χ1v) is 12.5. The Labute approximate surface area is 223 Å². The lowest BCUT2D eigenvalue weighted by Gasteiger charge is -2.21. The summed E-state index contributed by atoms with van der Waals surface area (Å²) in [6.07, 6.45) is 4.08. The molecule has 2 aromatic heterocycles. The summed E-state index contributed by atoms with van der Waals surface area (Å²) in [4.78, 5) is 47.4. The summed E-state index contributed by atoms with van der Waals surface area (Å²) in [5.74, 6) is -0.787. The molecule has 2 heterocycles. The second kappa shape index (κ2) is 14.6. The molecule has 0 aliphatic heterocycles. The van der Waals surface area contributed by atoms with Crippen molar-refractivity contribution in [1.82, 2.24) is 25.5 Å². The van der Waals surface area contributed by atoms with Gasteiger partial charge in [-0.15, -0.1) is 0 Å². The molecule has 0 aliphatic rings. The van der Waals surface area contributed by atoms with Crippen molar-refractivity contribution < 1.29 is 14.4 Å². The van der Waals surface area contributed by atoms with E-state index in [1.54, 1.807) is 26.2 Å². The van der Waals surface area contributed by atoms with Crippen LogP contribution in [0, 0.1) is 0 Å². The van der Waals surface area contributed by atoms with E-state index < -0.39 is 12.1 Å². The molecule has 10 heteroatoms. The maximum Gasteiger partial charge on any atom is 0.242 e. The number of nitrogens with two attached hydrogens (primary N) is 1. The number of carbonyl (C=O) groups is 3. The molecule has 200 valence electrons. The fourth-order valence-electron chi connectivity index (χ4n) is 3.66. The minimum absolute atomic E-state index is 0.139. The van der Waals surface area contributed by atoms with Crippen molar-refractivity contribution in [2.45, 2.75) is 45.4 Å². The van der Waals surface area contributed by atoms with Gasteiger partial charge in [0.1, 0.15) is 6.04 Å².